The molecule has 1 aromatic carbocycles. The van der Waals surface area contributed by atoms with Gasteiger partial charge in [-0.2, -0.15) is 0 Å². The molecule has 0 aromatic heterocycles. The van der Waals surface area contributed by atoms with E-state index in [1.54, 1.807) is 0 Å². The van der Waals surface area contributed by atoms with E-state index >= 15 is 0 Å². The summed E-state index contributed by atoms with van der Waals surface area (Å²) in [5.41, 5.74) is 1.26. The van der Waals surface area contributed by atoms with Crippen molar-refractivity contribution in [2.75, 3.05) is 0 Å². The third-order valence-electron chi connectivity index (χ3n) is 2.02. The van der Waals surface area contributed by atoms with Crippen LogP contribution in [0.25, 0.3) is 6.08 Å². The van der Waals surface area contributed by atoms with Crippen molar-refractivity contribution in [3.05, 3.63) is 54.6 Å². The quantitative estimate of drug-likeness (QED) is 0.604. The summed E-state index contributed by atoms with van der Waals surface area (Å²) < 4.78 is 0. The van der Waals surface area contributed by atoms with Crippen LogP contribution in [0.3, 0.4) is 0 Å². The average molecular weight is 172 g/mol. The Balaban J connectivity index is 2.45. The summed E-state index contributed by atoms with van der Waals surface area (Å²) in [5, 5.41) is 0. The van der Waals surface area contributed by atoms with Gasteiger partial charge in [0.15, 0.2) is 0 Å². The van der Waals surface area contributed by atoms with Gasteiger partial charge in [0.1, 0.15) is 0 Å². The molecule has 1 atom stereocenters. The zero-order valence-electron chi connectivity index (χ0n) is 8.11. The Hall–Kier alpha value is -1.30. The Bertz CT molecular complexity index is 269. The molecule has 0 saturated heterocycles. The first-order valence-corrected chi connectivity index (χ1v) is 4.67. The van der Waals surface area contributed by atoms with E-state index in [9.17, 15) is 0 Å². The highest BCUT2D eigenvalue weighted by atomic mass is 14.0. The van der Waals surface area contributed by atoms with Gasteiger partial charge < -0.3 is 0 Å². The fourth-order valence-corrected chi connectivity index (χ4v) is 1.08. The molecule has 0 aliphatic heterocycles. The van der Waals surface area contributed by atoms with Crippen molar-refractivity contribution in [3.8, 4) is 0 Å². The fraction of sp³-hybridized carbons (Fsp3) is 0.231. The first-order chi connectivity index (χ1) is 6.33. The SMILES string of the molecule is C=CC(C)CC=Cc1ccccc1. The number of benzene rings is 1. The topological polar surface area (TPSA) is 0 Å². The van der Waals surface area contributed by atoms with Gasteiger partial charge in [-0.05, 0) is 17.9 Å². The Kier molecular flexibility index (Phi) is 4.04. The molecule has 13 heavy (non-hydrogen) atoms. The molecule has 0 aliphatic rings. The smallest absolute Gasteiger partial charge is 0.0230 e. The maximum absolute atomic E-state index is 3.75. The molecular weight excluding hydrogens is 156 g/mol. The van der Waals surface area contributed by atoms with Crippen LogP contribution in [0, 0.1) is 5.92 Å². The lowest BCUT2D eigenvalue weighted by Crippen LogP contribution is -1.83. The maximum Gasteiger partial charge on any atom is -0.0230 e. The van der Waals surface area contributed by atoms with Gasteiger partial charge in [-0.15, -0.1) is 6.58 Å². The maximum atomic E-state index is 3.75. The highest BCUT2D eigenvalue weighted by Gasteiger charge is 1.90. The van der Waals surface area contributed by atoms with Crippen LogP contribution < -0.4 is 0 Å². The van der Waals surface area contributed by atoms with Crippen molar-refractivity contribution in [2.24, 2.45) is 5.92 Å². The molecule has 0 aliphatic carbocycles. The second-order valence-corrected chi connectivity index (χ2v) is 3.26. The van der Waals surface area contributed by atoms with Gasteiger partial charge in [-0.1, -0.05) is 55.5 Å². The highest BCUT2D eigenvalue weighted by Crippen LogP contribution is 2.07. The van der Waals surface area contributed by atoms with Crippen LogP contribution in [0.2, 0.25) is 0 Å². The van der Waals surface area contributed by atoms with Crippen LogP contribution in [0.4, 0.5) is 0 Å². The van der Waals surface area contributed by atoms with Gasteiger partial charge >= 0.3 is 0 Å². The molecule has 0 heterocycles. The monoisotopic (exact) mass is 172 g/mol. The molecule has 68 valence electrons. The van der Waals surface area contributed by atoms with Crippen LogP contribution >= 0.6 is 0 Å². The van der Waals surface area contributed by atoms with Gasteiger partial charge in [-0.3, -0.25) is 0 Å². The predicted molar refractivity (Wildman–Crippen MR) is 59.5 cm³/mol. The van der Waals surface area contributed by atoms with Crippen molar-refractivity contribution in [2.45, 2.75) is 13.3 Å². The zero-order valence-corrected chi connectivity index (χ0v) is 8.11. The molecule has 0 amide bonds. The van der Waals surface area contributed by atoms with Crippen molar-refractivity contribution >= 4 is 6.08 Å². The van der Waals surface area contributed by atoms with Crippen molar-refractivity contribution in [3.63, 3.8) is 0 Å². The van der Waals surface area contributed by atoms with Gasteiger partial charge in [0, 0.05) is 0 Å². The van der Waals surface area contributed by atoms with Gasteiger partial charge in [-0.25, -0.2) is 0 Å². The predicted octanol–water partition coefficient (Wildman–Crippen LogP) is 3.91. The fourth-order valence-electron chi connectivity index (χ4n) is 1.08. The van der Waals surface area contributed by atoms with E-state index in [2.05, 4.69) is 49.9 Å². The molecule has 1 rings (SSSR count). The highest BCUT2D eigenvalue weighted by molar-refractivity contribution is 5.48. The van der Waals surface area contributed by atoms with Crippen molar-refractivity contribution in [1.29, 1.82) is 0 Å². The van der Waals surface area contributed by atoms with E-state index in [1.165, 1.54) is 5.56 Å². The van der Waals surface area contributed by atoms with E-state index in [-0.39, 0.29) is 0 Å². The summed E-state index contributed by atoms with van der Waals surface area (Å²) in [6.45, 7) is 5.92. The Morgan fingerprint density at radius 3 is 2.62 bits per heavy atom. The lowest BCUT2D eigenvalue weighted by atomic mass is 10.1. The minimum absolute atomic E-state index is 0.569. The standard InChI is InChI=1S/C13H16/c1-3-12(2)8-7-11-13-9-5-4-6-10-13/h3-7,9-12H,1,8H2,2H3. The second kappa shape index (κ2) is 5.36. The first-order valence-electron chi connectivity index (χ1n) is 4.67. The molecule has 0 saturated carbocycles. The molecule has 1 unspecified atom stereocenters. The van der Waals surface area contributed by atoms with Crippen LogP contribution in [0.15, 0.2) is 49.1 Å². The molecule has 0 radical (unpaired) electrons. The van der Waals surface area contributed by atoms with Crippen molar-refractivity contribution in [1.82, 2.24) is 0 Å². The van der Waals surface area contributed by atoms with Crippen LogP contribution in [-0.2, 0) is 0 Å². The molecule has 0 spiro atoms. The summed E-state index contributed by atoms with van der Waals surface area (Å²) in [5.74, 6) is 0.569. The summed E-state index contributed by atoms with van der Waals surface area (Å²) in [6, 6.07) is 10.3. The lowest BCUT2D eigenvalue weighted by molar-refractivity contribution is 0.748. The van der Waals surface area contributed by atoms with Crippen LogP contribution in [0.1, 0.15) is 18.9 Å². The third kappa shape index (κ3) is 3.75. The number of allylic oxidation sites excluding steroid dienone is 2. The Morgan fingerprint density at radius 1 is 1.31 bits per heavy atom. The molecule has 0 fully saturated rings. The van der Waals surface area contributed by atoms with Crippen LogP contribution in [-0.4, -0.2) is 0 Å². The summed E-state index contributed by atoms with van der Waals surface area (Å²) in [4.78, 5) is 0. The van der Waals surface area contributed by atoms with E-state index in [0.29, 0.717) is 5.92 Å². The number of hydrogen-bond acceptors (Lipinski definition) is 0. The first kappa shape index (κ1) is 9.79. The normalized spacial score (nSPS) is 13.0. The minimum Gasteiger partial charge on any atom is -0.103 e. The Morgan fingerprint density at radius 2 is 2.00 bits per heavy atom. The van der Waals surface area contributed by atoms with Crippen LogP contribution in [0.5, 0.6) is 0 Å². The van der Waals surface area contributed by atoms with Gasteiger partial charge in [0.05, 0.1) is 0 Å². The van der Waals surface area contributed by atoms with E-state index < -0.39 is 0 Å². The molecule has 0 nitrogen and oxygen atoms in total. The summed E-state index contributed by atoms with van der Waals surface area (Å²) in [6.07, 6.45) is 7.40. The summed E-state index contributed by atoms with van der Waals surface area (Å²) in [7, 11) is 0. The zero-order chi connectivity index (χ0) is 9.52. The molecule has 1 aromatic rings. The van der Waals surface area contributed by atoms with E-state index in [0.717, 1.165) is 6.42 Å². The third-order valence-corrected chi connectivity index (χ3v) is 2.02. The summed E-state index contributed by atoms with van der Waals surface area (Å²) >= 11 is 0. The minimum atomic E-state index is 0.569. The molecule has 0 heteroatoms. The molecule has 0 bridgehead atoms. The van der Waals surface area contributed by atoms with Gasteiger partial charge in [0.25, 0.3) is 0 Å². The van der Waals surface area contributed by atoms with Crippen molar-refractivity contribution < 1.29 is 0 Å². The number of hydrogen-bond donors (Lipinski definition) is 0. The van der Waals surface area contributed by atoms with E-state index in [1.807, 2.05) is 12.1 Å². The van der Waals surface area contributed by atoms with E-state index in [4.69, 9.17) is 0 Å². The number of rotatable bonds is 4. The molecular formula is C13H16. The molecule has 0 N–H and O–H groups in total. The Labute approximate surface area is 80.6 Å². The average Bonchev–Trinajstić information content (AvgIpc) is 2.19. The largest absolute Gasteiger partial charge is 0.103 e. The second-order valence-electron chi connectivity index (χ2n) is 3.26. The van der Waals surface area contributed by atoms with Gasteiger partial charge in [0.2, 0.25) is 0 Å². The lowest BCUT2D eigenvalue weighted by Gasteiger charge is -1.98.